The second-order valence-corrected chi connectivity index (χ2v) is 7.25. The van der Waals surface area contributed by atoms with Gasteiger partial charge in [0.1, 0.15) is 11.5 Å². The summed E-state index contributed by atoms with van der Waals surface area (Å²) < 4.78 is 16.3. The molecule has 0 bridgehead atoms. The lowest BCUT2D eigenvalue weighted by molar-refractivity contribution is -0.00571. The second kappa shape index (κ2) is 9.09. The molecule has 3 aromatic heterocycles. The maximum absolute atomic E-state index is 5.81. The third-order valence-electron chi connectivity index (χ3n) is 4.79. The first-order valence-electron chi connectivity index (χ1n) is 9.96. The molecule has 4 heterocycles. The molecule has 0 aliphatic carbocycles. The van der Waals surface area contributed by atoms with Crippen molar-refractivity contribution in [2.45, 2.75) is 26.1 Å². The molecular weight excluding hydrogens is 398 g/mol. The smallest absolute Gasteiger partial charge is 0.237 e. The number of nitrogens with zero attached hydrogens (tertiary/aromatic N) is 6. The van der Waals surface area contributed by atoms with E-state index in [2.05, 4.69) is 49.0 Å². The predicted octanol–water partition coefficient (Wildman–Crippen LogP) is 2.70. The average Bonchev–Trinajstić information content (AvgIpc) is 2.79. The van der Waals surface area contributed by atoms with Crippen molar-refractivity contribution >= 4 is 17.5 Å². The first-order valence-corrected chi connectivity index (χ1v) is 9.96. The number of rotatable bonds is 6. The van der Waals surface area contributed by atoms with Crippen LogP contribution in [0.15, 0.2) is 36.9 Å². The van der Waals surface area contributed by atoms with Gasteiger partial charge >= 0.3 is 0 Å². The Kier molecular flexibility index (Phi) is 6.08. The van der Waals surface area contributed by atoms with E-state index in [1.807, 2.05) is 6.07 Å². The fraction of sp³-hybridized carbons (Fsp3) is 0.381. The Balaban J connectivity index is 1.59. The maximum atomic E-state index is 5.81. The van der Waals surface area contributed by atoms with Gasteiger partial charge < -0.3 is 24.4 Å². The van der Waals surface area contributed by atoms with Crippen LogP contribution < -0.4 is 19.7 Å². The van der Waals surface area contributed by atoms with Crippen LogP contribution in [0, 0.1) is 0 Å². The van der Waals surface area contributed by atoms with Crippen molar-refractivity contribution < 1.29 is 14.2 Å². The lowest BCUT2D eigenvalue weighted by atomic mass is 10.2. The minimum Gasteiger partial charge on any atom is -0.480 e. The van der Waals surface area contributed by atoms with Crippen LogP contribution in [-0.4, -0.2) is 64.4 Å². The molecule has 31 heavy (non-hydrogen) atoms. The van der Waals surface area contributed by atoms with E-state index in [1.54, 1.807) is 45.1 Å². The van der Waals surface area contributed by atoms with Crippen molar-refractivity contribution in [2.75, 3.05) is 37.5 Å². The van der Waals surface area contributed by atoms with Gasteiger partial charge in [-0.25, -0.2) is 19.9 Å². The minimum atomic E-state index is 0.121. The molecule has 10 nitrogen and oxygen atoms in total. The highest BCUT2D eigenvalue weighted by Gasteiger charge is 2.24. The number of methoxy groups -OCH3 is 2. The predicted molar refractivity (Wildman–Crippen MR) is 116 cm³/mol. The van der Waals surface area contributed by atoms with Crippen LogP contribution >= 0.6 is 0 Å². The average molecular weight is 423 g/mol. The van der Waals surface area contributed by atoms with Crippen LogP contribution in [0.3, 0.4) is 0 Å². The van der Waals surface area contributed by atoms with E-state index in [-0.39, 0.29) is 12.2 Å². The fourth-order valence-corrected chi connectivity index (χ4v) is 3.46. The lowest BCUT2D eigenvalue weighted by Crippen LogP contribution is -2.46. The van der Waals surface area contributed by atoms with E-state index in [0.717, 1.165) is 18.7 Å². The van der Waals surface area contributed by atoms with Crippen molar-refractivity contribution in [1.29, 1.82) is 0 Å². The summed E-state index contributed by atoms with van der Waals surface area (Å²) in [5.74, 6) is 2.17. The number of morpholine rings is 1. The van der Waals surface area contributed by atoms with Gasteiger partial charge in [0.15, 0.2) is 0 Å². The Hall–Kier alpha value is -3.53. The number of nitrogens with one attached hydrogen (secondary N) is 1. The van der Waals surface area contributed by atoms with Crippen molar-refractivity contribution in [1.82, 2.24) is 24.9 Å². The summed E-state index contributed by atoms with van der Waals surface area (Å²) in [7, 11) is 3.12. The van der Waals surface area contributed by atoms with E-state index in [9.17, 15) is 0 Å². The molecular formula is C21H25N7O3. The van der Waals surface area contributed by atoms with Crippen molar-refractivity contribution in [3.05, 3.63) is 36.9 Å². The molecule has 1 N–H and O–H groups in total. The second-order valence-electron chi connectivity index (χ2n) is 7.25. The van der Waals surface area contributed by atoms with Crippen LogP contribution in [0.25, 0.3) is 11.3 Å². The molecule has 3 aromatic rings. The van der Waals surface area contributed by atoms with Gasteiger partial charge in [-0.3, -0.25) is 0 Å². The molecule has 162 valence electrons. The van der Waals surface area contributed by atoms with E-state index in [1.165, 1.54) is 0 Å². The Morgan fingerprint density at radius 2 is 1.81 bits per heavy atom. The number of ether oxygens (including phenoxy) is 3. The van der Waals surface area contributed by atoms with Crippen LogP contribution in [0.5, 0.6) is 11.8 Å². The number of anilines is 3. The SMILES string of the molecule is COc1cnc(-c2cnc(OC)c(Nc3ccnc(N4C[C@@H](C)O[C@@H](C)C4)n3)c2)cn1. The van der Waals surface area contributed by atoms with Crippen molar-refractivity contribution in [3.63, 3.8) is 0 Å². The summed E-state index contributed by atoms with van der Waals surface area (Å²) in [4.78, 5) is 24.2. The molecule has 0 saturated carbocycles. The summed E-state index contributed by atoms with van der Waals surface area (Å²) in [6.45, 7) is 5.58. The molecule has 1 aliphatic rings. The topological polar surface area (TPSA) is 107 Å². The highest BCUT2D eigenvalue weighted by atomic mass is 16.5. The summed E-state index contributed by atoms with van der Waals surface area (Å²) in [6, 6.07) is 3.69. The molecule has 10 heteroatoms. The van der Waals surface area contributed by atoms with E-state index in [4.69, 9.17) is 14.2 Å². The molecule has 4 rings (SSSR count). The molecule has 0 radical (unpaired) electrons. The third kappa shape index (κ3) is 4.80. The Labute approximate surface area is 180 Å². The molecule has 1 saturated heterocycles. The highest BCUT2D eigenvalue weighted by Crippen LogP contribution is 2.30. The summed E-state index contributed by atoms with van der Waals surface area (Å²) >= 11 is 0. The lowest BCUT2D eigenvalue weighted by Gasteiger charge is -2.35. The van der Waals surface area contributed by atoms with Crippen LogP contribution in [0.1, 0.15) is 13.8 Å². The molecule has 1 aliphatic heterocycles. The van der Waals surface area contributed by atoms with Crippen LogP contribution in [0.2, 0.25) is 0 Å². The number of hydrogen-bond donors (Lipinski definition) is 1. The third-order valence-corrected chi connectivity index (χ3v) is 4.79. The van der Waals surface area contributed by atoms with E-state index >= 15 is 0 Å². The maximum Gasteiger partial charge on any atom is 0.237 e. The van der Waals surface area contributed by atoms with Crippen LogP contribution in [0.4, 0.5) is 17.5 Å². The van der Waals surface area contributed by atoms with Gasteiger partial charge in [0, 0.05) is 31.0 Å². The quantitative estimate of drug-likeness (QED) is 0.636. The zero-order valence-electron chi connectivity index (χ0n) is 17.9. The van der Waals surface area contributed by atoms with Gasteiger partial charge in [-0.15, -0.1) is 0 Å². The summed E-state index contributed by atoms with van der Waals surface area (Å²) in [6.07, 6.45) is 6.85. The van der Waals surface area contributed by atoms with Crippen molar-refractivity contribution in [2.24, 2.45) is 0 Å². The molecule has 0 aromatic carbocycles. The largest absolute Gasteiger partial charge is 0.480 e. The molecule has 2 atom stereocenters. The van der Waals surface area contributed by atoms with Gasteiger partial charge in [-0.05, 0) is 26.0 Å². The standard InChI is InChI=1S/C21H25N7O3/c1-13-11-28(12-14(2)31-13)21-22-6-5-18(27-21)26-16-7-15(8-25-20(16)30-4)17-9-24-19(29-3)10-23-17/h5-10,13-14H,11-12H2,1-4H3,(H,22,26,27)/t13-,14+. The molecule has 0 unspecified atom stereocenters. The first-order chi connectivity index (χ1) is 15.1. The van der Waals surface area contributed by atoms with Gasteiger partial charge in [-0.2, -0.15) is 4.98 Å². The first kappa shape index (κ1) is 20.7. The fourth-order valence-electron chi connectivity index (χ4n) is 3.46. The van der Waals surface area contributed by atoms with Gasteiger partial charge in [-0.1, -0.05) is 0 Å². The highest BCUT2D eigenvalue weighted by molar-refractivity contribution is 5.70. The number of pyridine rings is 1. The Morgan fingerprint density at radius 3 is 2.48 bits per heavy atom. The molecule has 1 fully saturated rings. The minimum absolute atomic E-state index is 0.121. The van der Waals surface area contributed by atoms with Crippen molar-refractivity contribution in [3.8, 4) is 23.0 Å². The van der Waals surface area contributed by atoms with Gasteiger partial charge in [0.25, 0.3) is 0 Å². The van der Waals surface area contributed by atoms with Gasteiger partial charge in [0.2, 0.25) is 17.7 Å². The Bertz CT molecular complexity index is 1020. The molecule has 0 spiro atoms. The van der Waals surface area contributed by atoms with E-state index < -0.39 is 0 Å². The summed E-state index contributed by atoms with van der Waals surface area (Å²) in [5.41, 5.74) is 2.10. The van der Waals surface area contributed by atoms with E-state index in [0.29, 0.717) is 34.9 Å². The Morgan fingerprint density at radius 1 is 1.00 bits per heavy atom. The van der Waals surface area contributed by atoms with Crippen LogP contribution in [-0.2, 0) is 4.74 Å². The normalized spacial score (nSPS) is 18.5. The zero-order valence-corrected chi connectivity index (χ0v) is 17.9. The van der Waals surface area contributed by atoms with Gasteiger partial charge in [0.05, 0.1) is 44.5 Å². The molecule has 0 amide bonds. The number of aromatic nitrogens is 5. The summed E-state index contributed by atoms with van der Waals surface area (Å²) in [5, 5.41) is 3.29. The monoisotopic (exact) mass is 423 g/mol. The number of hydrogen-bond acceptors (Lipinski definition) is 10. The zero-order chi connectivity index (χ0) is 21.8.